The summed E-state index contributed by atoms with van der Waals surface area (Å²) in [6, 6.07) is 0. The van der Waals surface area contributed by atoms with E-state index in [4.69, 9.17) is 10.5 Å². The smallest absolute Gasteiger partial charge is 0.308 e. The molecule has 1 aliphatic rings. The molecule has 1 saturated carbocycles. The van der Waals surface area contributed by atoms with Gasteiger partial charge in [-0.15, -0.1) is 0 Å². The van der Waals surface area contributed by atoms with Gasteiger partial charge in [-0.2, -0.15) is 0 Å². The van der Waals surface area contributed by atoms with Crippen LogP contribution in [0.3, 0.4) is 0 Å². The average Bonchev–Trinajstić information content (AvgIpc) is 2.18. The van der Waals surface area contributed by atoms with Crippen molar-refractivity contribution in [1.29, 1.82) is 0 Å². The van der Waals surface area contributed by atoms with Crippen LogP contribution >= 0.6 is 0 Å². The van der Waals surface area contributed by atoms with Crippen LogP contribution in [0, 0.1) is 11.8 Å². The van der Waals surface area contributed by atoms with Gasteiger partial charge < -0.3 is 10.5 Å². The van der Waals surface area contributed by atoms with Gasteiger partial charge >= 0.3 is 5.97 Å². The van der Waals surface area contributed by atoms with E-state index in [0.717, 1.165) is 32.2 Å². The number of esters is 1. The first-order chi connectivity index (χ1) is 6.27. The van der Waals surface area contributed by atoms with E-state index < -0.39 is 0 Å². The van der Waals surface area contributed by atoms with Crippen LogP contribution in [0.4, 0.5) is 0 Å². The molecule has 76 valence electrons. The molecule has 0 radical (unpaired) electrons. The molecule has 0 saturated heterocycles. The summed E-state index contributed by atoms with van der Waals surface area (Å²) in [5, 5.41) is 0. The molecule has 2 N–H and O–H groups in total. The Hall–Kier alpha value is -0.570. The number of ether oxygens (including phenoxy) is 1. The molecule has 0 heterocycles. The topological polar surface area (TPSA) is 52.3 Å². The zero-order valence-corrected chi connectivity index (χ0v) is 8.29. The Labute approximate surface area is 79.6 Å². The molecule has 1 fully saturated rings. The van der Waals surface area contributed by atoms with Gasteiger partial charge in [-0.05, 0) is 45.1 Å². The standard InChI is InChI=1S/C10H19NO2/c1-2-13-10(12)9-5-3-8(7-11)4-6-9/h8-9H,2-7,11H2,1H3/t8-,9-. The van der Waals surface area contributed by atoms with Crippen LogP contribution < -0.4 is 5.73 Å². The first kappa shape index (κ1) is 10.5. The first-order valence-corrected chi connectivity index (χ1v) is 5.14. The van der Waals surface area contributed by atoms with E-state index in [1.807, 2.05) is 6.92 Å². The second-order valence-electron chi connectivity index (χ2n) is 3.71. The number of carbonyl (C=O) groups excluding carboxylic acids is 1. The van der Waals surface area contributed by atoms with Crippen molar-refractivity contribution in [2.75, 3.05) is 13.2 Å². The van der Waals surface area contributed by atoms with E-state index in [1.165, 1.54) is 0 Å². The molecule has 1 aliphatic carbocycles. The van der Waals surface area contributed by atoms with Gasteiger partial charge in [0.05, 0.1) is 12.5 Å². The molecular weight excluding hydrogens is 166 g/mol. The first-order valence-electron chi connectivity index (χ1n) is 5.14. The van der Waals surface area contributed by atoms with Gasteiger partial charge in [-0.25, -0.2) is 0 Å². The van der Waals surface area contributed by atoms with Gasteiger partial charge in [0.1, 0.15) is 0 Å². The lowest BCUT2D eigenvalue weighted by Crippen LogP contribution is -2.26. The molecule has 0 aromatic rings. The highest BCUT2D eigenvalue weighted by atomic mass is 16.5. The molecule has 0 aliphatic heterocycles. The molecule has 0 unspecified atom stereocenters. The molecule has 0 bridgehead atoms. The number of carbonyl (C=O) groups is 1. The second kappa shape index (κ2) is 5.22. The molecule has 1 rings (SSSR count). The van der Waals surface area contributed by atoms with Gasteiger partial charge in [-0.3, -0.25) is 4.79 Å². The normalized spacial score (nSPS) is 28.5. The van der Waals surface area contributed by atoms with E-state index in [1.54, 1.807) is 0 Å². The van der Waals surface area contributed by atoms with E-state index in [2.05, 4.69) is 0 Å². The monoisotopic (exact) mass is 185 g/mol. The van der Waals surface area contributed by atoms with Gasteiger partial charge in [0.15, 0.2) is 0 Å². The Morgan fingerprint density at radius 1 is 1.38 bits per heavy atom. The van der Waals surface area contributed by atoms with E-state index >= 15 is 0 Å². The van der Waals surface area contributed by atoms with Gasteiger partial charge in [-0.1, -0.05) is 0 Å². The highest BCUT2D eigenvalue weighted by Gasteiger charge is 2.26. The van der Waals surface area contributed by atoms with Crippen molar-refractivity contribution < 1.29 is 9.53 Å². The molecular formula is C10H19NO2. The number of hydrogen-bond acceptors (Lipinski definition) is 3. The lowest BCUT2D eigenvalue weighted by molar-refractivity contribution is -0.149. The second-order valence-corrected chi connectivity index (χ2v) is 3.71. The number of nitrogens with two attached hydrogens (primary N) is 1. The number of hydrogen-bond donors (Lipinski definition) is 1. The highest BCUT2D eigenvalue weighted by Crippen LogP contribution is 2.28. The third kappa shape index (κ3) is 2.99. The number of rotatable bonds is 3. The Morgan fingerprint density at radius 2 is 2.00 bits per heavy atom. The van der Waals surface area contributed by atoms with Crippen LogP contribution in [0.1, 0.15) is 32.6 Å². The fraction of sp³-hybridized carbons (Fsp3) is 0.900. The van der Waals surface area contributed by atoms with Crippen molar-refractivity contribution in [2.24, 2.45) is 17.6 Å². The van der Waals surface area contributed by atoms with E-state index in [-0.39, 0.29) is 11.9 Å². The molecule has 0 spiro atoms. The fourth-order valence-electron chi connectivity index (χ4n) is 1.89. The Kier molecular flexibility index (Phi) is 4.22. The van der Waals surface area contributed by atoms with Gasteiger partial charge in [0.2, 0.25) is 0 Å². The van der Waals surface area contributed by atoms with Crippen LogP contribution in [0.5, 0.6) is 0 Å². The molecule has 3 heteroatoms. The van der Waals surface area contributed by atoms with Crippen molar-refractivity contribution in [2.45, 2.75) is 32.6 Å². The minimum Gasteiger partial charge on any atom is -0.466 e. The summed E-state index contributed by atoms with van der Waals surface area (Å²) >= 11 is 0. The van der Waals surface area contributed by atoms with Gasteiger partial charge in [0, 0.05) is 0 Å². The van der Waals surface area contributed by atoms with Crippen molar-refractivity contribution >= 4 is 5.97 Å². The van der Waals surface area contributed by atoms with E-state index in [0.29, 0.717) is 12.5 Å². The Morgan fingerprint density at radius 3 is 2.46 bits per heavy atom. The van der Waals surface area contributed by atoms with Crippen molar-refractivity contribution in [3.8, 4) is 0 Å². The average molecular weight is 185 g/mol. The predicted molar refractivity (Wildman–Crippen MR) is 51.1 cm³/mol. The fourth-order valence-corrected chi connectivity index (χ4v) is 1.89. The summed E-state index contributed by atoms with van der Waals surface area (Å²) in [6.07, 6.45) is 4.08. The molecule has 0 amide bonds. The molecule has 13 heavy (non-hydrogen) atoms. The Bertz CT molecular complexity index is 162. The maximum absolute atomic E-state index is 11.3. The molecule has 0 aromatic carbocycles. The van der Waals surface area contributed by atoms with Crippen molar-refractivity contribution in [3.63, 3.8) is 0 Å². The third-order valence-corrected chi connectivity index (χ3v) is 2.80. The van der Waals surface area contributed by atoms with Crippen LogP contribution in [0.25, 0.3) is 0 Å². The minimum absolute atomic E-state index is 0.0158. The molecule has 0 atom stereocenters. The minimum atomic E-state index is -0.0158. The van der Waals surface area contributed by atoms with Crippen LogP contribution in [0.15, 0.2) is 0 Å². The summed E-state index contributed by atoms with van der Waals surface area (Å²) in [7, 11) is 0. The predicted octanol–water partition coefficient (Wildman–Crippen LogP) is 1.31. The van der Waals surface area contributed by atoms with Crippen LogP contribution in [-0.2, 0) is 9.53 Å². The van der Waals surface area contributed by atoms with Crippen molar-refractivity contribution in [3.05, 3.63) is 0 Å². The van der Waals surface area contributed by atoms with Crippen LogP contribution in [-0.4, -0.2) is 19.1 Å². The Balaban J connectivity index is 2.28. The summed E-state index contributed by atoms with van der Waals surface area (Å²) < 4.78 is 4.98. The highest BCUT2D eigenvalue weighted by molar-refractivity contribution is 5.72. The maximum atomic E-state index is 11.3. The van der Waals surface area contributed by atoms with Crippen molar-refractivity contribution in [1.82, 2.24) is 0 Å². The third-order valence-electron chi connectivity index (χ3n) is 2.80. The van der Waals surface area contributed by atoms with E-state index in [9.17, 15) is 4.79 Å². The lowest BCUT2D eigenvalue weighted by Gasteiger charge is -2.25. The summed E-state index contributed by atoms with van der Waals surface area (Å²) in [5.74, 6) is 0.756. The zero-order valence-electron chi connectivity index (χ0n) is 8.29. The SMILES string of the molecule is CCOC(=O)[C@H]1CC[C@H](CN)CC1. The summed E-state index contributed by atoms with van der Waals surface area (Å²) in [5.41, 5.74) is 5.57. The van der Waals surface area contributed by atoms with Gasteiger partial charge in [0.25, 0.3) is 0 Å². The maximum Gasteiger partial charge on any atom is 0.308 e. The zero-order chi connectivity index (χ0) is 9.68. The quantitative estimate of drug-likeness (QED) is 0.674. The molecule has 0 aromatic heterocycles. The molecule has 3 nitrogen and oxygen atoms in total. The largest absolute Gasteiger partial charge is 0.466 e. The summed E-state index contributed by atoms with van der Waals surface area (Å²) in [6.45, 7) is 3.11. The lowest BCUT2D eigenvalue weighted by atomic mass is 9.82. The van der Waals surface area contributed by atoms with Crippen LogP contribution in [0.2, 0.25) is 0 Å². The summed E-state index contributed by atoms with van der Waals surface area (Å²) in [4.78, 5) is 11.3.